The second kappa shape index (κ2) is 7.51. The first-order chi connectivity index (χ1) is 12.0. The van der Waals surface area contributed by atoms with E-state index in [0.717, 1.165) is 19.3 Å². The number of rotatable bonds is 6. The van der Waals surface area contributed by atoms with Crippen LogP contribution in [0.3, 0.4) is 0 Å². The summed E-state index contributed by atoms with van der Waals surface area (Å²) in [6, 6.07) is 6.19. The van der Waals surface area contributed by atoms with Crippen molar-refractivity contribution in [3.8, 4) is 0 Å². The molecular formula is C16H20N4O3S2. The van der Waals surface area contributed by atoms with Crippen LogP contribution in [0.1, 0.15) is 19.3 Å². The van der Waals surface area contributed by atoms with E-state index in [1.165, 1.54) is 29.7 Å². The molecule has 2 atom stereocenters. The van der Waals surface area contributed by atoms with E-state index in [1.54, 1.807) is 17.5 Å². The third-order valence-corrected chi connectivity index (χ3v) is 6.52. The third kappa shape index (κ3) is 4.17. The number of carbonyl (C=O) groups is 1. The standard InChI is InChI=1S/C16H20N4O3S2/c17-10-11-3-1-6-14(11)15(21)19-12-4-2-5-13(9-12)25(22,23)20-16-18-7-8-24-16/h2,4-5,7-9,11,14H,1,3,6,10,17H2,(H,18,20)(H,19,21)/t11-,14-/m1/s1. The number of benzene rings is 1. The Hall–Kier alpha value is -1.97. The van der Waals surface area contributed by atoms with Crippen LogP contribution >= 0.6 is 11.3 Å². The minimum atomic E-state index is -3.75. The average Bonchev–Trinajstić information content (AvgIpc) is 3.25. The van der Waals surface area contributed by atoms with Crippen molar-refractivity contribution in [2.75, 3.05) is 16.6 Å². The Morgan fingerprint density at radius 3 is 2.92 bits per heavy atom. The maximum absolute atomic E-state index is 12.5. The van der Waals surface area contributed by atoms with Gasteiger partial charge in [0, 0.05) is 23.2 Å². The summed E-state index contributed by atoms with van der Waals surface area (Å²) in [5.74, 6) is -0.0208. The fourth-order valence-electron chi connectivity index (χ4n) is 3.09. The summed E-state index contributed by atoms with van der Waals surface area (Å²) >= 11 is 1.20. The Kier molecular flexibility index (Phi) is 5.36. The summed E-state index contributed by atoms with van der Waals surface area (Å²) in [6.45, 7) is 0.490. The van der Waals surface area contributed by atoms with Crippen molar-refractivity contribution >= 4 is 38.1 Å². The van der Waals surface area contributed by atoms with Gasteiger partial charge in [-0.3, -0.25) is 9.52 Å². The van der Waals surface area contributed by atoms with E-state index in [-0.39, 0.29) is 22.6 Å². The smallest absolute Gasteiger partial charge is 0.263 e. The molecule has 9 heteroatoms. The predicted octanol–water partition coefficient (Wildman–Crippen LogP) is 2.26. The molecule has 1 aromatic heterocycles. The van der Waals surface area contributed by atoms with Gasteiger partial charge in [0.15, 0.2) is 5.13 Å². The molecule has 1 fully saturated rings. The largest absolute Gasteiger partial charge is 0.330 e. The fourth-order valence-corrected chi connectivity index (χ4v) is 4.92. The van der Waals surface area contributed by atoms with Crippen LogP contribution < -0.4 is 15.8 Å². The Labute approximate surface area is 150 Å². The first kappa shape index (κ1) is 17.8. The molecule has 2 aromatic rings. The zero-order valence-corrected chi connectivity index (χ0v) is 15.1. The van der Waals surface area contributed by atoms with Gasteiger partial charge >= 0.3 is 0 Å². The maximum Gasteiger partial charge on any atom is 0.263 e. The third-order valence-electron chi connectivity index (χ3n) is 4.36. The molecule has 25 heavy (non-hydrogen) atoms. The van der Waals surface area contributed by atoms with Crippen LogP contribution in [0.5, 0.6) is 0 Å². The Balaban J connectivity index is 1.74. The van der Waals surface area contributed by atoms with Gasteiger partial charge in [-0.2, -0.15) is 0 Å². The zero-order valence-electron chi connectivity index (χ0n) is 13.5. The number of aromatic nitrogens is 1. The number of hydrogen-bond acceptors (Lipinski definition) is 6. The fraction of sp³-hybridized carbons (Fsp3) is 0.375. The Morgan fingerprint density at radius 1 is 1.36 bits per heavy atom. The number of carbonyl (C=O) groups excluding carboxylic acids is 1. The number of nitrogens with zero attached hydrogens (tertiary/aromatic N) is 1. The first-order valence-corrected chi connectivity index (χ1v) is 10.4. The Morgan fingerprint density at radius 2 is 2.20 bits per heavy atom. The highest BCUT2D eigenvalue weighted by molar-refractivity contribution is 7.93. The lowest BCUT2D eigenvalue weighted by atomic mass is 9.95. The van der Waals surface area contributed by atoms with Gasteiger partial charge in [0.05, 0.1) is 4.90 Å². The van der Waals surface area contributed by atoms with Crippen molar-refractivity contribution in [1.82, 2.24) is 4.98 Å². The molecule has 1 amide bonds. The molecule has 1 aliphatic carbocycles. The molecule has 0 unspecified atom stereocenters. The molecule has 0 radical (unpaired) electrons. The summed E-state index contributed by atoms with van der Waals surface area (Å²) in [7, 11) is -3.75. The minimum absolute atomic E-state index is 0.0716. The molecule has 134 valence electrons. The van der Waals surface area contributed by atoms with Gasteiger partial charge < -0.3 is 11.1 Å². The van der Waals surface area contributed by atoms with Crippen LogP contribution in [0.25, 0.3) is 0 Å². The number of hydrogen-bond donors (Lipinski definition) is 3. The quantitative estimate of drug-likeness (QED) is 0.711. The molecule has 0 bridgehead atoms. The summed E-state index contributed by atoms with van der Waals surface area (Å²) in [4.78, 5) is 16.4. The van der Waals surface area contributed by atoms with Gasteiger partial charge in [-0.1, -0.05) is 12.5 Å². The number of sulfonamides is 1. The molecule has 0 aliphatic heterocycles. The minimum Gasteiger partial charge on any atom is -0.330 e. The van der Waals surface area contributed by atoms with E-state index < -0.39 is 10.0 Å². The number of anilines is 2. The van der Waals surface area contributed by atoms with E-state index in [2.05, 4.69) is 15.0 Å². The summed E-state index contributed by atoms with van der Waals surface area (Å²) in [5, 5.41) is 4.80. The molecule has 0 saturated heterocycles. The van der Waals surface area contributed by atoms with Gasteiger partial charge in [-0.05, 0) is 43.5 Å². The zero-order chi connectivity index (χ0) is 17.9. The molecule has 1 saturated carbocycles. The monoisotopic (exact) mass is 380 g/mol. The second-order valence-electron chi connectivity index (χ2n) is 5.99. The van der Waals surface area contributed by atoms with E-state index in [0.29, 0.717) is 17.4 Å². The van der Waals surface area contributed by atoms with Gasteiger partial charge in [0.25, 0.3) is 10.0 Å². The van der Waals surface area contributed by atoms with Crippen LogP contribution in [0.2, 0.25) is 0 Å². The van der Waals surface area contributed by atoms with E-state index in [9.17, 15) is 13.2 Å². The van der Waals surface area contributed by atoms with Crippen molar-refractivity contribution in [2.45, 2.75) is 24.2 Å². The highest BCUT2D eigenvalue weighted by atomic mass is 32.2. The Bertz CT molecular complexity index is 837. The molecule has 3 rings (SSSR count). The lowest BCUT2D eigenvalue weighted by molar-refractivity contribution is -0.120. The van der Waals surface area contributed by atoms with E-state index >= 15 is 0 Å². The lowest BCUT2D eigenvalue weighted by Gasteiger charge is -2.17. The predicted molar refractivity (Wildman–Crippen MR) is 97.9 cm³/mol. The van der Waals surface area contributed by atoms with E-state index in [1.807, 2.05) is 0 Å². The molecule has 1 aliphatic rings. The van der Waals surface area contributed by atoms with Crippen LogP contribution in [-0.2, 0) is 14.8 Å². The summed E-state index contributed by atoms with van der Waals surface area (Å²) in [5.41, 5.74) is 6.18. The SMILES string of the molecule is NC[C@H]1CCC[C@H]1C(=O)Nc1cccc(S(=O)(=O)Nc2nccs2)c1. The van der Waals surface area contributed by atoms with Crippen LogP contribution in [0.4, 0.5) is 10.8 Å². The van der Waals surface area contributed by atoms with Crippen molar-refractivity contribution < 1.29 is 13.2 Å². The van der Waals surface area contributed by atoms with E-state index in [4.69, 9.17) is 5.73 Å². The van der Waals surface area contributed by atoms with Crippen molar-refractivity contribution in [3.05, 3.63) is 35.8 Å². The van der Waals surface area contributed by atoms with Crippen LogP contribution in [0.15, 0.2) is 40.7 Å². The van der Waals surface area contributed by atoms with Crippen LogP contribution in [-0.4, -0.2) is 25.9 Å². The average molecular weight is 380 g/mol. The summed E-state index contributed by atoms with van der Waals surface area (Å²) < 4.78 is 27.3. The lowest BCUT2D eigenvalue weighted by Crippen LogP contribution is -2.29. The number of amides is 1. The second-order valence-corrected chi connectivity index (χ2v) is 8.57. The molecule has 4 N–H and O–H groups in total. The molecular weight excluding hydrogens is 360 g/mol. The van der Waals surface area contributed by atoms with Crippen LogP contribution in [0, 0.1) is 11.8 Å². The highest BCUT2D eigenvalue weighted by Crippen LogP contribution is 2.32. The van der Waals surface area contributed by atoms with Gasteiger partial charge in [0.2, 0.25) is 5.91 Å². The number of thiazole rings is 1. The van der Waals surface area contributed by atoms with Crippen molar-refractivity contribution in [3.63, 3.8) is 0 Å². The van der Waals surface area contributed by atoms with Crippen molar-refractivity contribution in [2.24, 2.45) is 17.6 Å². The topological polar surface area (TPSA) is 114 Å². The molecule has 0 spiro atoms. The molecule has 1 aromatic carbocycles. The highest BCUT2D eigenvalue weighted by Gasteiger charge is 2.32. The van der Waals surface area contributed by atoms with Crippen molar-refractivity contribution in [1.29, 1.82) is 0 Å². The van der Waals surface area contributed by atoms with Gasteiger partial charge in [0.1, 0.15) is 0 Å². The summed E-state index contributed by atoms with van der Waals surface area (Å²) in [6.07, 6.45) is 4.29. The first-order valence-electron chi connectivity index (χ1n) is 8.03. The molecule has 1 heterocycles. The van der Waals surface area contributed by atoms with Gasteiger partial charge in [-0.25, -0.2) is 13.4 Å². The molecule has 7 nitrogen and oxygen atoms in total. The number of nitrogens with two attached hydrogens (primary N) is 1. The normalized spacial score (nSPS) is 20.4. The van der Waals surface area contributed by atoms with Gasteiger partial charge in [-0.15, -0.1) is 11.3 Å². The maximum atomic E-state index is 12.5. The number of nitrogens with one attached hydrogen (secondary N) is 2.